The van der Waals surface area contributed by atoms with E-state index in [0.29, 0.717) is 0 Å². The fourth-order valence-corrected chi connectivity index (χ4v) is 4.50. The predicted octanol–water partition coefficient (Wildman–Crippen LogP) is 1.93. The summed E-state index contributed by atoms with van der Waals surface area (Å²) < 4.78 is 0. The number of likely N-dealkylation sites (tertiary alicyclic amines) is 1. The third-order valence-corrected chi connectivity index (χ3v) is 6.10. The molecule has 0 radical (unpaired) electrons. The van der Waals surface area contributed by atoms with Crippen LogP contribution in [0.4, 0.5) is 0 Å². The molecule has 0 saturated carbocycles. The van der Waals surface area contributed by atoms with Crippen molar-refractivity contribution < 1.29 is 0 Å². The van der Waals surface area contributed by atoms with Crippen LogP contribution >= 0.6 is 0 Å². The molecule has 3 heteroatoms. The van der Waals surface area contributed by atoms with Gasteiger partial charge in [-0.05, 0) is 78.6 Å². The van der Waals surface area contributed by atoms with Crippen molar-refractivity contribution in [2.24, 2.45) is 5.92 Å². The van der Waals surface area contributed by atoms with Crippen molar-refractivity contribution in [3.63, 3.8) is 0 Å². The van der Waals surface area contributed by atoms with E-state index in [9.17, 15) is 0 Å². The van der Waals surface area contributed by atoms with Gasteiger partial charge in [0.2, 0.25) is 0 Å². The standard InChI is InChI=1S/C16H31N3/c1-12-8-14(6-7-18(12)2)17-11-13-9-15-4-5-16(10-13)19(15)3/h12-17H,4-11H2,1-3H3. The number of hydrogen-bond acceptors (Lipinski definition) is 3. The molecule has 4 atom stereocenters. The van der Waals surface area contributed by atoms with E-state index in [-0.39, 0.29) is 0 Å². The van der Waals surface area contributed by atoms with E-state index in [1.807, 2.05) is 0 Å². The van der Waals surface area contributed by atoms with Gasteiger partial charge in [0.15, 0.2) is 0 Å². The number of piperidine rings is 2. The maximum Gasteiger partial charge on any atom is 0.00988 e. The largest absolute Gasteiger partial charge is 0.314 e. The van der Waals surface area contributed by atoms with Crippen LogP contribution in [0.3, 0.4) is 0 Å². The van der Waals surface area contributed by atoms with Crippen LogP contribution in [0.5, 0.6) is 0 Å². The maximum atomic E-state index is 3.88. The minimum absolute atomic E-state index is 0.750. The molecule has 3 heterocycles. The molecule has 110 valence electrons. The highest BCUT2D eigenvalue weighted by atomic mass is 15.2. The molecule has 0 aromatic carbocycles. The second kappa shape index (κ2) is 5.71. The van der Waals surface area contributed by atoms with Crippen LogP contribution in [-0.2, 0) is 0 Å². The lowest BCUT2D eigenvalue weighted by Crippen LogP contribution is -2.48. The Morgan fingerprint density at radius 3 is 2.32 bits per heavy atom. The first-order valence-electron chi connectivity index (χ1n) is 8.29. The van der Waals surface area contributed by atoms with Gasteiger partial charge in [0.1, 0.15) is 0 Å². The second-order valence-corrected chi connectivity index (χ2v) is 7.35. The third kappa shape index (κ3) is 2.98. The van der Waals surface area contributed by atoms with Gasteiger partial charge >= 0.3 is 0 Å². The summed E-state index contributed by atoms with van der Waals surface area (Å²) in [4.78, 5) is 5.14. The Bertz CT molecular complexity index is 292. The first-order valence-corrected chi connectivity index (χ1v) is 8.29. The number of rotatable bonds is 3. The molecule has 0 aromatic rings. The summed E-state index contributed by atoms with van der Waals surface area (Å²) in [6.45, 7) is 4.89. The summed E-state index contributed by atoms with van der Waals surface area (Å²) in [5, 5.41) is 3.88. The molecule has 3 aliphatic heterocycles. The fourth-order valence-electron chi connectivity index (χ4n) is 4.50. The Kier molecular flexibility index (Phi) is 4.16. The van der Waals surface area contributed by atoms with E-state index in [1.54, 1.807) is 0 Å². The highest BCUT2D eigenvalue weighted by Crippen LogP contribution is 2.37. The van der Waals surface area contributed by atoms with Crippen molar-refractivity contribution in [1.82, 2.24) is 15.1 Å². The van der Waals surface area contributed by atoms with Gasteiger partial charge in [-0.2, -0.15) is 0 Å². The molecule has 3 aliphatic rings. The molecular formula is C16H31N3. The maximum absolute atomic E-state index is 3.88. The van der Waals surface area contributed by atoms with E-state index >= 15 is 0 Å². The molecule has 1 N–H and O–H groups in total. The Balaban J connectivity index is 1.43. The first kappa shape index (κ1) is 13.8. The van der Waals surface area contributed by atoms with E-state index in [1.165, 1.54) is 51.6 Å². The SMILES string of the molecule is CC1CC(NCC2CC3CCC(C2)N3C)CCN1C. The summed E-state index contributed by atoms with van der Waals surface area (Å²) in [7, 11) is 4.60. The molecule has 19 heavy (non-hydrogen) atoms. The first-order chi connectivity index (χ1) is 9.13. The Labute approximate surface area is 118 Å². The quantitative estimate of drug-likeness (QED) is 0.841. The van der Waals surface area contributed by atoms with Crippen molar-refractivity contribution >= 4 is 0 Å². The van der Waals surface area contributed by atoms with Gasteiger partial charge in [-0.1, -0.05) is 0 Å². The predicted molar refractivity (Wildman–Crippen MR) is 80.4 cm³/mol. The van der Waals surface area contributed by atoms with E-state index in [0.717, 1.165) is 30.1 Å². The zero-order chi connectivity index (χ0) is 13.4. The van der Waals surface area contributed by atoms with E-state index in [2.05, 4.69) is 36.1 Å². The lowest BCUT2D eigenvalue weighted by molar-refractivity contribution is 0.123. The zero-order valence-corrected chi connectivity index (χ0v) is 12.9. The lowest BCUT2D eigenvalue weighted by Gasteiger charge is -2.39. The summed E-state index contributed by atoms with van der Waals surface area (Å²) in [6, 6.07) is 3.30. The molecule has 0 spiro atoms. The van der Waals surface area contributed by atoms with Gasteiger partial charge in [-0.25, -0.2) is 0 Å². The van der Waals surface area contributed by atoms with Crippen LogP contribution in [0.2, 0.25) is 0 Å². The molecule has 3 saturated heterocycles. The zero-order valence-electron chi connectivity index (χ0n) is 12.9. The Hall–Kier alpha value is -0.120. The highest BCUT2D eigenvalue weighted by molar-refractivity contribution is 4.94. The molecule has 3 fully saturated rings. The summed E-state index contributed by atoms with van der Waals surface area (Å²) in [5.74, 6) is 0.934. The van der Waals surface area contributed by atoms with Crippen LogP contribution in [0, 0.1) is 5.92 Å². The second-order valence-electron chi connectivity index (χ2n) is 7.35. The number of hydrogen-bond donors (Lipinski definition) is 1. The Morgan fingerprint density at radius 1 is 1.00 bits per heavy atom. The molecule has 0 amide bonds. The van der Waals surface area contributed by atoms with Crippen molar-refractivity contribution in [3.8, 4) is 0 Å². The molecule has 3 nitrogen and oxygen atoms in total. The monoisotopic (exact) mass is 265 g/mol. The minimum atomic E-state index is 0.750. The molecular weight excluding hydrogens is 234 g/mol. The van der Waals surface area contributed by atoms with Crippen LogP contribution in [0.25, 0.3) is 0 Å². The number of fused-ring (bicyclic) bond motifs is 2. The number of nitrogens with zero attached hydrogens (tertiary/aromatic N) is 2. The summed E-state index contributed by atoms with van der Waals surface area (Å²) >= 11 is 0. The van der Waals surface area contributed by atoms with Crippen LogP contribution < -0.4 is 5.32 Å². The highest BCUT2D eigenvalue weighted by Gasteiger charge is 2.38. The van der Waals surface area contributed by atoms with Gasteiger partial charge in [0.25, 0.3) is 0 Å². The topological polar surface area (TPSA) is 18.5 Å². The van der Waals surface area contributed by atoms with E-state index < -0.39 is 0 Å². The minimum Gasteiger partial charge on any atom is -0.314 e. The van der Waals surface area contributed by atoms with Crippen LogP contribution in [0.15, 0.2) is 0 Å². The fraction of sp³-hybridized carbons (Fsp3) is 1.00. The molecule has 4 unspecified atom stereocenters. The van der Waals surface area contributed by atoms with Gasteiger partial charge in [-0.3, -0.25) is 0 Å². The summed E-state index contributed by atoms with van der Waals surface area (Å²) in [6.07, 6.45) is 8.42. The van der Waals surface area contributed by atoms with Crippen molar-refractivity contribution in [3.05, 3.63) is 0 Å². The Morgan fingerprint density at radius 2 is 1.68 bits per heavy atom. The molecule has 0 aromatic heterocycles. The van der Waals surface area contributed by atoms with Crippen molar-refractivity contribution in [2.45, 2.75) is 69.6 Å². The average molecular weight is 265 g/mol. The van der Waals surface area contributed by atoms with Crippen molar-refractivity contribution in [2.75, 3.05) is 27.2 Å². The molecule has 3 rings (SSSR count). The number of nitrogens with one attached hydrogen (secondary N) is 1. The average Bonchev–Trinajstić information content (AvgIpc) is 2.64. The van der Waals surface area contributed by atoms with Crippen LogP contribution in [0.1, 0.15) is 45.4 Å². The van der Waals surface area contributed by atoms with Crippen molar-refractivity contribution in [1.29, 1.82) is 0 Å². The van der Waals surface area contributed by atoms with Gasteiger partial charge in [0.05, 0.1) is 0 Å². The van der Waals surface area contributed by atoms with E-state index in [4.69, 9.17) is 0 Å². The van der Waals surface area contributed by atoms with Gasteiger partial charge < -0.3 is 15.1 Å². The van der Waals surface area contributed by atoms with Gasteiger partial charge in [0, 0.05) is 24.2 Å². The third-order valence-electron chi connectivity index (χ3n) is 6.10. The lowest BCUT2D eigenvalue weighted by atomic mass is 9.90. The molecule has 0 aliphatic carbocycles. The van der Waals surface area contributed by atoms with Gasteiger partial charge in [-0.15, -0.1) is 0 Å². The van der Waals surface area contributed by atoms with Crippen LogP contribution in [-0.4, -0.2) is 61.2 Å². The smallest absolute Gasteiger partial charge is 0.00988 e. The molecule has 2 bridgehead atoms. The summed E-state index contributed by atoms with van der Waals surface area (Å²) in [5.41, 5.74) is 0. The normalized spacial score (nSPS) is 44.7.